The van der Waals surface area contributed by atoms with Crippen LogP contribution in [0.5, 0.6) is 11.5 Å². The van der Waals surface area contributed by atoms with Crippen molar-refractivity contribution in [2.24, 2.45) is 0 Å². The Morgan fingerprint density at radius 2 is 2.05 bits per heavy atom. The third-order valence-electron chi connectivity index (χ3n) is 2.87. The molecule has 19 heavy (non-hydrogen) atoms. The summed E-state index contributed by atoms with van der Waals surface area (Å²) in [6, 6.07) is 3.16. The predicted molar refractivity (Wildman–Crippen MR) is 77.0 cm³/mol. The molecule has 1 aromatic rings. The maximum atomic E-state index is 11.0. The van der Waals surface area contributed by atoms with Crippen LogP contribution in [0, 0.1) is 0 Å². The Labute approximate surface area is 123 Å². The molecule has 104 valence electrons. The first-order chi connectivity index (χ1) is 9.06. The van der Waals surface area contributed by atoms with Gasteiger partial charge in [0.1, 0.15) is 6.04 Å². The summed E-state index contributed by atoms with van der Waals surface area (Å²) in [4.78, 5) is 11.0. The monoisotopic (exact) mass is 347 g/mol. The summed E-state index contributed by atoms with van der Waals surface area (Å²) >= 11 is 5.04. The average Bonchev–Trinajstić information content (AvgIpc) is 2.87. The molecule has 1 saturated heterocycles. The van der Waals surface area contributed by atoms with Crippen LogP contribution in [-0.4, -0.2) is 37.1 Å². The quantitative estimate of drug-likeness (QED) is 0.870. The molecule has 5 nitrogen and oxygen atoms in total. The van der Waals surface area contributed by atoms with Crippen molar-refractivity contribution in [2.45, 2.75) is 11.4 Å². The van der Waals surface area contributed by atoms with E-state index < -0.39 is 12.0 Å². The lowest BCUT2D eigenvalue weighted by atomic mass is 10.2. The number of rotatable bonds is 4. The number of carbonyl (C=O) groups is 1. The van der Waals surface area contributed by atoms with E-state index in [1.807, 2.05) is 12.1 Å². The fourth-order valence-electron chi connectivity index (χ4n) is 1.86. The minimum absolute atomic E-state index is 0.0738. The van der Waals surface area contributed by atoms with Gasteiger partial charge in [0.15, 0.2) is 11.5 Å². The molecule has 1 aliphatic rings. The Balaban J connectivity index is 2.28. The maximum Gasteiger partial charge on any atom is 0.321 e. The second-order valence-corrected chi connectivity index (χ2v) is 5.99. The van der Waals surface area contributed by atoms with Crippen LogP contribution in [0.1, 0.15) is 10.9 Å². The van der Waals surface area contributed by atoms with Crippen molar-refractivity contribution >= 4 is 33.7 Å². The first-order valence-corrected chi connectivity index (χ1v) is 7.43. The summed E-state index contributed by atoms with van der Waals surface area (Å²) in [6.45, 7) is 0. The number of hydrogen-bond donors (Lipinski definition) is 2. The van der Waals surface area contributed by atoms with Crippen molar-refractivity contribution in [3.05, 3.63) is 22.2 Å². The summed E-state index contributed by atoms with van der Waals surface area (Å²) in [5.74, 6) is 0.977. The van der Waals surface area contributed by atoms with Crippen LogP contribution in [0.25, 0.3) is 0 Å². The van der Waals surface area contributed by atoms with E-state index >= 15 is 0 Å². The van der Waals surface area contributed by atoms with E-state index in [0.29, 0.717) is 17.3 Å². The molecule has 0 aliphatic carbocycles. The highest BCUT2D eigenvalue weighted by Gasteiger charge is 2.31. The van der Waals surface area contributed by atoms with E-state index in [2.05, 4.69) is 21.2 Å². The molecule has 0 amide bonds. The van der Waals surface area contributed by atoms with Crippen molar-refractivity contribution in [1.29, 1.82) is 0 Å². The predicted octanol–water partition coefficient (Wildman–Crippen LogP) is 2.25. The van der Waals surface area contributed by atoms with Crippen LogP contribution in [-0.2, 0) is 4.79 Å². The summed E-state index contributed by atoms with van der Waals surface area (Å²) in [7, 11) is 3.15. The zero-order valence-corrected chi connectivity index (χ0v) is 12.9. The zero-order valence-electron chi connectivity index (χ0n) is 10.5. The minimum Gasteiger partial charge on any atom is -0.493 e. The number of hydrogen-bond acceptors (Lipinski definition) is 5. The van der Waals surface area contributed by atoms with Gasteiger partial charge in [-0.1, -0.05) is 15.9 Å². The Bertz CT molecular complexity index is 497. The van der Waals surface area contributed by atoms with Gasteiger partial charge in [-0.3, -0.25) is 10.1 Å². The average molecular weight is 348 g/mol. The van der Waals surface area contributed by atoms with Gasteiger partial charge in [0.25, 0.3) is 0 Å². The summed E-state index contributed by atoms with van der Waals surface area (Å²) < 4.78 is 11.3. The van der Waals surface area contributed by atoms with Crippen molar-refractivity contribution < 1.29 is 19.4 Å². The van der Waals surface area contributed by atoms with Crippen LogP contribution >= 0.6 is 27.7 Å². The molecule has 7 heteroatoms. The second kappa shape index (κ2) is 6.02. The smallest absolute Gasteiger partial charge is 0.321 e. The van der Waals surface area contributed by atoms with Crippen LogP contribution < -0.4 is 14.8 Å². The Morgan fingerprint density at radius 1 is 1.42 bits per heavy atom. The molecule has 0 spiro atoms. The Hall–Kier alpha value is -0.920. The fourth-order valence-corrected chi connectivity index (χ4v) is 3.83. The molecule has 0 radical (unpaired) electrons. The topological polar surface area (TPSA) is 67.8 Å². The van der Waals surface area contributed by atoms with Gasteiger partial charge in [-0.15, -0.1) is 11.8 Å². The second-order valence-electron chi connectivity index (χ2n) is 4.00. The molecule has 2 rings (SSSR count). The highest BCUT2D eigenvalue weighted by Crippen LogP contribution is 2.41. The number of carboxylic acid groups (broad SMARTS) is 1. The Kier molecular flexibility index (Phi) is 4.59. The number of carboxylic acids is 1. The number of thioether (sulfide) groups is 1. The zero-order chi connectivity index (χ0) is 14.0. The Morgan fingerprint density at radius 3 is 2.58 bits per heavy atom. The summed E-state index contributed by atoms with van der Waals surface area (Å²) in [5, 5.41) is 12.0. The first kappa shape index (κ1) is 14.5. The first-order valence-electron chi connectivity index (χ1n) is 5.58. The minimum atomic E-state index is -0.827. The SMILES string of the molecule is COc1cc(Br)c([C@H]2N[C@@H](C(=O)O)CS2)cc1OC. The van der Waals surface area contributed by atoms with Crippen molar-refractivity contribution in [1.82, 2.24) is 5.32 Å². The highest BCUT2D eigenvalue weighted by molar-refractivity contribution is 9.10. The van der Waals surface area contributed by atoms with E-state index in [1.165, 1.54) is 0 Å². The van der Waals surface area contributed by atoms with Gasteiger partial charge in [-0.2, -0.15) is 0 Å². The third kappa shape index (κ3) is 2.98. The van der Waals surface area contributed by atoms with Crippen LogP contribution in [0.4, 0.5) is 0 Å². The number of ether oxygens (including phenoxy) is 2. The molecule has 0 unspecified atom stereocenters. The van der Waals surface area contributed by atoms with Gasteiger partial charge >= 0.3 is 5.97 Å². The van der Waals surface area contributed by atoms with Crippen molar-refractivity contribution in [3.8, 4) is 11.5 Å². The van der Waals surface area contributed by atoms with Gasteiger partial charge < -0.3 is 14.6 Å². The van der Waals surface area contributed by atoms with Crippen LogP contribution in [0.15, 0.2) is 16.6 Å². The molecular weight excluding hydrogens is 334 g/mol. The van der Waals surface area contributed by atoms with Crippen LogP contribution in [0.3, 0.4) is 0 Å². The fraction of sp³-hybridized carbons (Fsp3) is 0.417. The lowest BCUT2D eigenvalue weighted by molar-refractivity contribution is -0.138. The van der Waals surface area contributed by atoms with Gasteiger partial charge in [0, 0.05) is 10.2 Å². The molecule has 1 heterocycles. The number of nitrogens with one attached hydrogen (secondary N) is 1. The number of aliphatic carboxylic acids is 1. The molecule has 0 saturated carbocycles. The van der Waals surface area contributed by atoms with E-state index in [9.17, 15) is 4.79 Å². The summed E-state index contributed by atoms with van der Waals surface area (Å²) in [6.07, 6.45) is 0. The van der Waals surface area contributed by atoms with Gasteiger partial charge in [0.2, 0.25) is 0 Å². The van der Waals surface area contributed by atoms with E-state index in [4.69, 9.17) is 14.6 Å². The van der Waals surface area contributed by atoms with Crippen LogP contribution in [0.2, 0.25) is 0 Å². The highest BCUT2D eigenvalue weighted by atomic mass is 79.9. The van der Waals surface area contributed by atoms with Gasteiger partial charge in [-0.25, -0.2) is 0 Å². The molecule has 0 bridgehead atoms. The third-order valence-corrected chi connectivity index (χ3v) is 4.80. The van der Waals surface area contributed by atoms with Crippen molar-refractivity contribution in [2.75, 3.05) is 20.0 Å². The normalized spacial score (nSPS) is 22.3. The molecule has 0 aromatic heterocycles. The molecule has 1 aromatic carbocycles. The van der Waals surface area contributed by atoms with Crippen molar-refractivity contribution in [3.63, 3.8) is 0 Å². The largest absolute Gasteiger partial charge is 0.493 e. The lowest BCUT2D eigenvalue weighted by Crippen LogP contribution is -2.33. The molecule has 1 aliphatic heterocycles. The molecule has 2 atom stereocenters. The van der Waals surface area contributed by atoms with E-state index in [1.54, 1.807) is 26.0 Å². The maximum absolute atomic E-state index is 11.0. The molecule has 1 fully saturated rings. The molecule has 2 N–H and O–H groups in total. The van der Waals surface area contributed by atoms with Gasteiger partial charge in [-0.05, 0) is 17.7 Å². The number of benzene rings is 1. The standard InChI is InChI=1S/C12H14BrNO4S/c1-17-9-3-6(7(13)4-10(9)18-2)11-14-8(5-19-11)12(15)16/h3-4,8,11,14H,5H2,1-2H3,(H,15,16)/t8-,11+/m1/s1. The van der Waals surface area contributed by atoms with Gasteiger partial charge in [0.05, 0.1) is 19.6 Å². The van der Waals surface area contributed by atoms with E-state index in [-0.39, 0.29) is 5.37 Å². The van der Waals surface area contributed by atoms with E-state index in [0.717, 1.165) is 10.0 Å². The molecular formula is C12H14BrNO4S. The number of methoxy groups -OCH3 is 2. The number of halogens is 1. The lowest BCUT2D eigenvalue weighted by Gasteiger charge is -2.16. The summed E-state index contributed by atoms with van der Waals surface area (Å²) in [5.41, 5.74) is 0.950.